The quantitative estimate of drug-likeness (QED) is 0.910. The highest BCUT2D eigenvalue weighted by Crippen LogP contribution is 2.35. The number of ether oxygens (including phenoxy) is 1. The molecular weight excluding hydrogens is 308 g/mol. The Kier molecular flexibility index (Phi) is 4.06. The van der Waals surface area contributed by atoms with Crippen molar-refractivity contribution in [3.05, 3.63) is 28.1 Å². The monoisotopic (exact) mass is 324 g/mol. The lowest BCUT2D eigenvalue weighted by molar-refractivity contribution is 0.0911. The summed E-state index contributed by atoms with van der Waals surface area (Å²) in [5.74, 6) is 0.253. The van der Waals surface area contributed by atoms with Gasteiger partial charge in [0, 0.05) is 34.2 Å². The number of rotatable bonds is 3. The first-order valence-electron chi connectivity index (χ1n) is 6.93. The number of thiophene rings is 1. The van der Waals surface area contributed by atoms with Crippen LogP contribution >= 0.6 is 22.9 Å². The van der Waals surface area contributed by atoms with Crippen LogP contribution in [0.2, 0.25) is 5.02 Å². The lowest BCUT2D eigenvalue weighted by Crippen LogP contribution is -2.31. The molecule has 2 atom stereocenters. The number of anilines is 1. The standard InChI is InChI=1S/C15H17ClN2O2S/c1-8-9(4-5-20-8)7-18-15(19)14-13(17)11-6-10(16)2-3-12(11)21-14/h2-3,6,8-9H,4-5,7,17H2,1H3,(H,18,19). The molecule has 2 aromatic rings. The van der Waals surface area contributed by atoms with Gasteiger partial charge in [0.15, 0.2) is 0 Å². The van der Waals surface area contributed by atoms with Crippen LogP contribution in [0.1, 0.15) is 23.0 Å². The number of carbonyl (C=O) groups excluding carboxylic acids is 1. The molecule has 1 fully saturated rings. The molecule has 0 aliphatic carbocycles. The van der Waals surface area contributed by atoms with Gasteiger partial charge in [-0.05, 0) is 31.5 Å². The molecule has 1 aliphatic rings. The molecule has 0 radical (unpaired) electrons. The van der Waals surface area contributed by atoms with Gasteiger partial charge in [0.25, 0.3) is 5.91 Å². The topological polar surface area (TPSA) is 64.3 Å². The number of carbonyl (C=O) groups is 1. The molecule has 1 aromatic carbocycles. The summed E-state index contributed by atoms with van der Waals surface area (Å²) in [6.45, 7) is 3.43. The molecule has 3 N–H and O–H groups in total. The maximum atomic E-state index is 12.3. The van der Waals surface area contributed by atoms with Crippen molar-refractivity contribution in [1.82, 2.24) is 5.32 Å². The maximum Gasteiger partial charge on any atom is 0.263 e. The van der Waals surface area contributed by atoms with Gasteiger partial charge in [-0.15, -0.1) is 11.3 Å². The van der Waals surface area contributed by atoms with Crippen LogP contribution in [0, 0.1) is 5.92 Å². The number of amides is 1. The number of hydrogen-bond donors (Lipinski definition) is 2. The van der Waals surface area contributed by atoms with E-state index < -0.39 is 0 Å². The Morgan fingerprint density at radius 3 is 3.10 bits per heavy atom. The van der Waals surface area contributed by atoms with Crippen LogP contribution in [0.25, 0.3) is 10.1 Å². The molecule has 21 heavy (non-hydrogen) atoms. The van der Waals surface area contributed by atoms with Crippen molar-refractivity contribution in [2.75, 3.05) is 18.9 Å². The molecule has 1 saturated heterocycles. The van der Waals surface area contributed by atoms with Gasteiger partial charge >= 0.3 is 0 Å². The van der Waals surface area contributed by atoms with Crippen molar-refractivity contribution in [3.63, 3.8) is 0 Å². The predicted molar refractivity (Wildman–Crippen MR) is 87.1 cm³/mol. The summed E-state index contributed by atoms with van der Waals surface area (Å²) in [6, 6.07) is 5.49. The second-order valence-electron chi connectivity index (χ2n) is 5.32. The summed E-state index contributed by atoms with van der Waals surface area (Å²) in [7, 11) is 0. The van der Waals surface area contributed by atoms with E-state index in [0.29, 0.717) is 28.0 Å². The molecule has 2 heterocycles. The van der Waals surface area contributed by atoms with Crippen LogP contribution in [0.3, 0.4) is 0 Å². The number of fused-ring (bicyclic) bond motifs is 1. The Bertz CT molecular complexity index is 686. The molecule has 2 unspecified atom stereocenters. The molecule has 1 amide bonds. The van der Waals surface area contributed by atoms with Crippen LogP contribution in [0.5, 0.6) is 0 Å². The minimum Gasteiger partial charge on any atom is -0.397 e. The largest absolute Gasteiger partial charge is 0.397 e. The number of nitrogen functional groups attached to an aromatic ring is 1. The SMILES string of the molecule is CC1OCCC1CNC(=O)c1sc2ccc(Cl)cc2c1N. The van der Waals surface area contributed by atoms with E-state index in [4.69, 9.17) is 22.1 Å². The third kappa shape index (κ3) is 2.86. The second kappa shape index (κ2) is 5.83. The number of benzene rings is 1. The van der Waals surface area contributed by atoms with Gasteiger partial charge in [-0.1, -0.05) is 11.6 Å². The summed E-state index contributed by atoms with van der Waals surface area (Å²) in [5.41, 5.74) is 6.59. The van der Waals surface area contributed by atoms with Gasteiger partial charge in [-0.3, -0.25) is 4.79 Å². The Morgan fingerprint density at radius 2 is 2.38 bits per heavy atom. The van der Waals surface area contributed by atoms with Gasteiger partial charge in [-0.25, -0.2) is 0 Å². The minimum atomic E-state index is -0.121. The molecule has 4 nitrogen and oxygen atoms in total. The first-order valence-corrected chi connectivity index (χ1v) is 8.13. The molecular formula is C15H17ClN2O2S. The van der Waals surface area contributed by atoms with Crippen molar-refractivity contribution in [2.45, 2.75) is 19.4 Å². The Balaban J connectivity index is 1.76. The second-order valence-corrected chi connectivity index (χ2v) is 6.81. The van der Waals surface area contributed by atoms with E-state index in [1.54, 1.807) is 12.1 Å². The van der Waals surface area contributed by atoms with Crippen LogP contribution in [0.4, 0.5) is 5.69 Å². The zero-order chi connectivity index (χ0) is 15.0. The predicted octanol–water partition coefficient (Wildman–Crippen LogP) is 3.29. The first kappa shape index (κ1) is 14.6. The van der Waals surface area contributed by atoms with Gasteiger partial charge in [-0.2, -0.15) is 0 Å². The number of halogens is 1. The molecule has 3 rings (SSSR count). The highest BCUT2D eigenvalue weighted by molar-refractivity contribution is 7.21. The fourth-order valence-corrected chi connectivity index (χ4v) is 3.80. The summed E-state index contributed by atoms with van der Waals surface area (Å²) < 4.78 is 6.47. The summed E-state index contributed by atoms with van der Waals surface area (Å²) in [5, 5.41) is 4.43. The van der Waals surface area contributed by atoms with Crippen LogP contribution in [-0.2, 0) is 4.74 Å². The van der Waals surface area contributed by atoms with Gasteiger partial charge in [0.1, 0.15) is 4.88 Å². The number of hydrogen-bond acceptors (Lipinski definition) is 4. The molecule has 1 aliphatic heterocycles. The van der Waals surface area contributed by atoms with Crippen molar-refractivity contribution in [3.8, 4) is 0 Å². The zero-order valence-corrected chi connectivity index (χ0v) is 13.3. The number of nitrogens with two attached hydrogens (primary N) is 1. The normalized spacial score (nSPS) is 21.8. The highest BCUT2D eigenvalue weighted by Gasteiger charge is 2.25. The summed E-state index contributed by atoms with van der Waals surface area (Å²) in [6.07, 6.45) is 1.18. The third-order valence-electron chi connectivity index (χ3n) is 3.95. The maximum absolute atomic E-state index is 12.3. The lowest BCUT2D eigenvalue weighted by atomic mass is 10.0. The molecule has 1 aromatic heterocycles. The van der Waals surface area contributed by atoms with E-state index in [2.05, 4.69) is 5.32 Å². The highest BCUT2D eigenvalue weighted by atomic mass is 35.5. The molecule has 6 heteroatoms. The van der Waals surface area contributed by atoms with Gasteiger partial charge in [0.2, 0.25) is 0 Å². The third-order valence-corrected chi connectivity index (χ3v) is 5.37. The Morgan fingerprint density at radius 1 is 1.57 bits per heavy atom. The molecule has 0 spiro atoms. The van der Waals surface area contributed by atoms with Crippen molar-refractivity contribution in [1.29, 1.82) is 0 Å². The van der Waals surface area contributed by atoms with Crippen molar-refractivity contribution >= 4 is 44.6 Å². The summed E-state index contributed by atoms with van der Waals surface area (Å²) in [4.78, 5) is 12.9. The lowest BCUT2D eigenvalue weighted by Gasteiger charge is -2.14. The summed E-state index contributed by atoms with van der Waals surface area (Å²) >= 11 is 7.37. The van der Waals surface area contributed by atoms with E-state index in [0.717, 1.165) is 23.1 Å². The van der Waals surface area contributed by atoms with E-state index in [1.807, 2.05) is 13.0 Å². The average Bonchev–Trinajstić information content (AvgIpc) is 3.01. The van der Waals surface area contributed by atoms with E-state index in [-0.39, 0.29) is 12.0 Å². The first-order chi connectivity index (χ1) is 10.1. The fourth-order valence-electron chi connectivity index (χ4n) is 2.61. The van der Waals surface area contributed by atoms with Crippen molar-refractivity contribution < 1.29 is 9.53 Å². The average molecular weight is 325 g/mol. The minimum absolute atomic E-state index is 0.121. The fraction of sp³-hybridized carbons (Fsp3) is 0.400. The Labute approximate surface area is 132 Å². The number of nitrogens with one attached hydrogen (secondary N) is 1. The van der Waals surface area contributed by atoms with Gasteiger partial charge in [0.05, 0.1) is 11.8 Å². The molecule has 112 valence electrons. The van der Waals surface area contributed by atoms with Crippen molar-refractivity contribution in [2.24, 2.45) is 5.92 Å². The molecule has 0 bridgehead atoms. The smallest absolute Gasteiger partial charge is 0.263 e. The van der Waals surface area contributed by atoms with E-state index >= 15 is 0 Å². The van der Waals surface area contributed by atoms with Crippen LogP contribution in [-0.4, -0.2) is 25.2 Å². The zero-order valence-electron chi connectivity index (χ0n) is 11.7. The van der Waals surface area contributed by atoms with Gasteiger partial charge < -0.3 is 15.8 Å². The Hall–Kier alpha value is -1.30. The molecule has 0 saturated carbocycles. The van der Waals surface area contributed by atoms with E-state index in [1.165, 1.54) is 11.3 Å². The van der Waals surface area contributed by atoms with Crippen LogP contribution in [0.15, 0.2) is 18.2 Å². The van der Waals surface area contributed by atoms with Crippen LogP contribution < -0.4 is 11.1 Å². The van der Waals surface area contributed by atoms with E-state index in [9.17, 15) is 4.79 Å².